The Labute approximate surface area is 105 Å². The molecule has 0 radical (unpaired) electrons. The molecule has 2 nitrogen and oxygen atoms in total. The van der Waals surface area contributed by atoms with Gasteiger partial charge in [0.05, 0.1) is 18.7 Å². The van der Waals surface area contributed by atoms with E-state index >= 15 is 0 Å². The maximum absolute atomic E-state index is 5.76. The number of ether oxygens (including phenoxy) is 1. The Balaban J connectivity index is 2.27. The number of quaternary nitrogens is 1. The average Bonchev–Trinajstić information content (AvgIpc) is 2.13. The van der Waals surface area contributed by atoms with Gasteiger partial charge >= 0.3 is 0 Å². The molecule has 0 aromatic heterocycles. The summed E-state index contributed by atoms with van der Waals surface area (Å²) in [5.41, 5.74) is 2.85. The molecule has 17 heavy (non-hydrogen) atoms. The van der Waals surface area contributed by atoms with Gasteiger partial charge in [0.2, 0.25) is 0 Å². The summed E-state index contributed by atoms with van der Waals surface area (Å²) in [5.74, 6) is 0.998. The highest BCUT2D eigenvalue weighted by Crippen LogP contribution is 2.16. The molecule has 0 spiro atoms. The van der Waals surface area contributed by atoms with Crippen LogP contribution >= 0.6 is 0 Å². The molecular weight excluding hydrogens is 210 g/mol. The molecule has 0 saturated carbocycles. The van der Waals surface area contributed by atoms with Crippen LogP contribution in [0.4, 0.5) is 0 Å². The zero-order valence-electron chi connectivity index (χ0n) is 11.8. The molecule has 1 aromatic carbocycles. The van der Waals surface area contributed by atoms with Crippen molar-refractivity contribution >= 4 is 0 Å². The third kappa shape index (κ3) is 6.32. The van der Waals surface area contributed by atoms with Gasteiger partial charge in [0.15, 0.2) is 0 Å². The topological polar surface area (TPSA) is 25.8 Å². The van der Waals surface area contributed by atoms with Crippen LogP contribution in [0.25, 0.3) is 0 Å². The van der Waals surface area contributed by atoms with Crippen molar-refractivity contribution in [1.29, 1.82) is 0 Å². The van der Waals surface area contributed by atoms with Gasteiger partial charge in [0.25, 0.3) is 0 Å². The van der Waals surface area contributed by atoms with Crippen LogP contribution < -0.4 is 10.1 Å². The highest BCUT2D eigenvalue weighted by molar-refractivity contribution is 5.32. The molecule has 0 bridgehead atoms. The summed E-state index contributed by atoms with van der Waals surface area (Å²) in [6, 6.07) is 6.36. The van der Waals surface area contributed by atoms with E-state index in [0.717, 1.165) is 25.3 Å². The number of benzene rings is 1. The van der Waals surface area contributed by atoms with Gasteiger partial charge in [-0.1, -0.05) is 6.07 Å². The van der Waals surface area contributed by atoms with E-state index in [-0.39, 0.29) is 0 Å². The Morgan fingerprint density at radius 3 is 2.18 bits per heavy atom. The monoisotopic (exact) mass is 236 g/mol. The first kappa shape index (κ1) is 14.0. The smallest absolute Gasteiger partial charge is 0.119 e. The zero-order chi connectivity index (χ0) is 12.9. The second-order valence-electron chi connectivity index (χ2n) is 5.88. The van der Waals surface area contributed by atoms with Crippen LogP contribution in [0, 0.1) is 13.8 Å². The molecule has 0 unspecified atom stereocenters. The molecule has 0 aliphatic rings. The van der Waals surface area contributed by atoms with Crippen LogP contribution in [-0.4, -0.2) is 18.7 Å². The van der Waals surface area contributed by atoms with E-state index in [0.29, 0.717) is 5.54 Å². The average molecular weight is 236 g/mol. The van der Waals surface area contributed by atoms with Crippen LogP contribution in [-0.2, 0) is 0 Å². The molecule has 0 atom stereocenters. The molecule has 2 N–H and O–H groups in total. The Kier molecular flexibility index (Phi) is 5.01. The summed E-state index contributed by atoms with van der Waals surface area (Å²) in [6.07, 6.45) is 1.09. The Bertz CT molecular complexity index is 332. The van der Waals surface area contributed by atoms with Crippen molar-refractivity contribution in [3.63, 3.8) is 0 Å². The molecule has 0 amide bonds. The lowest BCUT2D eigenvalue weighted by Crippen LogP contribution is -2.94. The molecule has 96 valence electrons. The molecule has 0 fully saturated rings. The van der Waals surface area contributed by atoms with Crippen LogP contribution in [0.5, 0.6) is 5.75 Å². The normalized spacial score (nSPS) is 11.6. The predicted octanol–water partition coefficient (Wildman–Crippen LogP) is 2.43. The third-order valence-corrected chi connectivity index (χ3v) is 2.57. The molecule has 0 heterocycles. The lowest BCUT2D eigenvalue weighted by molar-refractivity contribution is -0.717. The van der Waals surface area contributed by atoms with E-state index in [1.54, 1.807) is 0 Å². The molecular formula is C15H26NO+. The minimum Gasteiger partial charge on any atom is -0.493 e. The molecule has 1 aromatic rings. The van der Waals surface area contributed by atoms with E-state index in [1.807, 2.05) is 0 Å². The van der Waals surface area contributed by atoms with Gasteiger partial charge in [-0.2, -0.15) is 0 Å². The van der Waals surface area contributed by atoms with Gasteiger partial charge < -0.3 is 10.1 Å². The second-order valence-corrected chi connectivity index (χ2v) is 5.88. The minimum atomic E-state index is 0.319. The number of nitrogens with two attached hydrogens (primary N) is 1. The first-order chi connectivity index (χ1) is 7.87. The first-order valence-electron chi connectivity index (χ1n) is 6.42. The van der Waals surface area contributed by atoms with E-state index in [2.05, 4.69) is 58.1 Å². The van der Waals surface area contributed by atoms with Crippen molar-refractivity contribution in [1.82, 2.24) is 0 Å². The maximum Gasteiger partial charge on any atom is 0.119 e. The highest BCUT2D eigenvalue weighted by atomic mass is 16.5. The van der Waals surface area contributed by atoms with E-state index in [9.17, 15) is 0 Å². The van der Waals surface area contributed by atoms with E-state index in [4.69, 9.17) is 4.74 Å². The fraction of sp³-hybridized carbons (Fsp3) is 0.600. The maximum atomic E-state index is 5.76. The molecule has 0 saturated heterocycles. The van der Waals surface area contributed by atoms with E-state index < -0.39 is 0 Å². The van der Waals surface area contributed by atoms with Gasteiger partial charge in [-0.25, -0.2) is 0 Å². The highest BCUT2D eigenvalue weighted by Gasteiger charge is 2.11. The van der Waals surface area contributed by atoms with Crippen molar-refractivity contribution < 1.29 is 10.1 Å². The summed E-state index contributed by atoms with van der Waals surface area (Å²) >= 11 is 0. The number of rotatable bonds is 5. The number of hydrogen-bond acceptors (Lipinski definition) is 1. The van der Waals surface area contributed by atoms with Crippen molar-refractivity contribution in [2.75, 3.05) is 13.2 Å². The molecule has 2 heteroatoms. The van der Waals surface area contributed by atoms with Gasteiger partial charge in [-0.15, -0.1) is 0 Å². The summed E-state index contributed by atoms with van der Waals surface area (Å²) in [7, 11) is 0. The second kappa shape index (κ2) is 6.06. The predicted molar refractivity (Wildman–Crippen MR) is 72.6 cm³/mol. The Hall–Kier alpha value is -1.02. The van der Waals surface area contributed by atoms with Crippen LogP contribution in [0.3, 0.4) is 0 Å². The Morgan fingerprint density at radius 1 is 1.06 bits per heavy atom. The fourth-order valence-corrected chi connectivity index (χ4v) is 1.82. The van der Waals surface area contributed by atoms with Crippen molar-refractivity contribution in [2.24, 2.45) is 0 Å². The van der Waals surface area contributed by atoms with Gasteiger partial charge in [-0.05, 0) is 57.9 Å². The molecule has 0 aliphatic carbocycles. The lowest BCUT2D eigenvalue weighted by atomic mass is 10.1. The fourth-order valence-electron chi connectivity index (χ4n) is 1.82. The summed E-state index contributed by atoms with van der Waals surface area (Å²) in [6.45, 7) is 12.8. The van der Waals surface area contributed by atoms with Crippen LogP contribution in [0.2, 0.25) is 0 Å². The van der Waals surface area contributed by atoms with Crippen LogP contribution in [0.1, 0.15) is 38.3 Å². The van der Waals surface area contributed by atoms with E-state index in [1.165, 1.54) is 11.1 Å². The molecule has 1 rings (SSSR count). The summed E-state index contributed by atoms with van der Waals surface area (Å²) < 4.78 is 5.76. The summed E-state index contributed by atoms with van der Waals surface area (Å²) in [5, 5.41) is 2.36. The van der Waals surface area contributed by atoms with Crippen molar-refractivity contribution in [3.8, 4) is 5.75 Å². The SMILES string of the molecule is Cc1cc(C)cc(OCCC[NH2+]C(C)(C)C)c1. The van der Waals surface area contributed by atoms with Gasteiger partial charge in [0, 0.05) is 6.42 Å². The standard InChI is InChI=1S/C15H25NO/c1-12-9-13(2)11-14(10-12)17-8-6-7-16-15(3,4)5/h9-11,16H,6-8H2,1-5H3/p+1. The largest absolute Gasteiger partial charge is 0.493 e. The minimum absolute atomic E-state index is 0.319. The Morgan fingerprint density at radius 2 is 1.65 bits per heavy atom. The van der Waals surface area contributed by atoms with Crippen molar-refractivity contribution in [2.45, 2.75) is 46.6 Å². The third-order valence-electron chi connectivity index (χ3n) is 2.57. The van der Waals surface area contributed by atoms with Gasteiger partial charge in [0.1, 0.15) is 5.75 Å². The first-order valence-corrected chi connectivity index (χ1v) is 6.42. The summed E-state index contributed by atoms with van der Waals surface area (Å²) in [4.78, 5) is 0. The number of hydrogen-bond donors (Lipinski definition) is 1. The van der Waals surface area contributed by atoms with Crippen molar-refractivity contribution in [3.05, 3.63) is 29.3 Å². The molecule has 0 aliphatic heterocycles. The zero-order valence-corrected chi connectivity index (χ0v) is 11.8. The number of aryl methyl sites for hydroxylation is 2. The quantitative estimate of drug-likeness (QED) is 0.781. The van der Waals surface area contributed by atoms with Gasteiger partial charge in [-0.3, -0.25) is 0 Å². The van der Waals surface area contributed by atoms with Crippen LogP contribution in [0.15, 0.2) is 18.2 Å². The lowest BCUT2D eigenvalue weighted by Gasteiger charge is -2.16.